The largest absolute Gasteiger partial charge is 0.385 e. The third-order valence-corrected chi connectivity index (χ3v) is 2.11. The highest BCUT2D eigenvalue weighted by molar-refractivity contribution is 5.80. The van der Waals surface area contributed by atoms with E-state index in [9.17, 15) is 20.0 Å². The summed E-state index contributed by atoms with van der Waals surface area (Å²) in [6, 6.07) is -1.45. The molecule has 0 aromatic carbocycles. The molecule has 0 aliphatic heterocycles. The molecule has 2 unspecified atom stereocenters. The Kier molecular flexibility index (Phi) is 6.03. The lowest BCUT2D eigenvalue weighted by Gasteiger charge is -2.12. The summed E-state index contributed by atoms with van der Waals surface area (Å²) in [4.78, 5) is 20.6. The minimum atomic E-state index is -1.45. The number of rotatable bonds is 7. The third-order valence-electron chi connectivity index (χ3n) is 2.11. The van der Waals surface area contributed by atoms with Gasteiger partial charge in [0.1, 0.15) is 6.10 Å². The molecule has 5 heteroatoms. The first-order chi connectivity index (χ1) is 6.50. The first kappa shape index (κ1) is 13.0. The van der Waals surface area contributed by atoms with E-state index in [0.29, 0.717) is 6.42 Å². The Morgan fingerprint density at radius 1 is 1.50 bits per heavy atom. The summed E-state index contributed by atoms with van der Waals surface area (Å²) in [7, 11) is 0. The number of Topliss-reactive ketones (excluding diaryl/α,β-unsaturated/α-hetero) is 1. The maximum atomic E-state index is 10.9. The van der Waals surface area contributed by atoms with Crippen molar-refractivity contribution in [1.29, 1.82) is 0 Å². The second-order valence-electron chi connectivity index (χ2n) is 3.40. The van der Waals surface area contributed by atoms with E-state index in [1.54, 1.807) is 0 Å². The van der Waals surface area contributed by atoms with Crippen molar-refractivity contribution >= 4 is 5.78 Å². The van der Waals surface area contributed by atoms with Gasteiger partial charge in [-0.15, -0.1) is 0 Å². The van der Waals surface area contributed by atoms with E-state index < -0.39 is 22.9 Å². The molecule has 5 nitrogen and oxygen atoms in total. The quantitative estimate of drug-likeness (QED) is 0.382. The van der Waals surface area contributed by atoms with Gasteiger partial charge in [-0.2, -0.15) is 0 Å². The van der Waals surface area contributed by atoms with E-state index >= 15 is 0 Å². The summed E-state index contributed by atoms with van der Waals surface area (Å²) >= 11 is 0. The summed E-state index contributed by atoms with van der Waals surface area (Å²) in [6.07, 6.45) is 1.79. The van der Waals surface area contributed by atoms with E-state index in [1.807, 2.05) is 6.92 Å². The fourth-order valence-corrected chi connectivity index (χ4v) is 1.32. The molecular weight excluding hydrogens is 186 g/mol. The standard InChI is InChI=1S/C9H17NO4/c1-3-4-5-6-8(12)9(7(2)11)10(13)14/h8-9,12H,3-6H2,1-2H3. The van der Waals surface area contributed by atoms with Gasteiger partial charge in [0.25, 0.3) is 6.04 Å². The molecule has 0 heterocycles. The Hall–Kier alpha value is -0.970. The molecule has 0 fully saturated rings. The molecule has 0 amide bonds. The number of nitrogens with zero attached hydrogens (tertiary/aromatic N) is 1. The van der Waals surface area contributed by atoms with Crippen molar-refractivity contribution in [2.24, 2.45) is 0 Å². The molecule has 0 aromatic heterocycles. The summed E-state index contributed by atoms with van der Waals surface area (Å²) < 4.78 is 0. The van der Waals surface area contributed by atoms with Crippen LogP contribution in [0.5, 0.6) is 0 Å². The highest BCUT2D eigenvalue weighted by Crippen LogP contribution is 2.09. The molecule has 0 bridgehead atoms. The number of carbonyl (C=O) groups is 1. The summed E-state index contributed by atoms with van der Waals surface area (Å²) in [6.45, 7) is 3.14. The van der Waals surface area contributed by atoms with Gasteiger partial charge in [-0.25, -0.2) is 0 Å². The maximum Gasteiger partial charge on any atom is 0.295 e. The monoisotopic (exact) mass is 203 g/mol. The van der Waals surface area contributed by atoms with Crippen LogP contribution in [0, 0.1) is 10.1 Å². The molecule has 1 N–H and O–H groups in total. The normalized spacial score (nSPS) is 14.8. The average molecular weight is 203 g/mol. The van der Waals surface area contributed by atoms with Crippen LogP contribution in [0.25, 0.3) is 0 Å². The van der Waals surface area contributed by atoms with Crippen LogP contribution in [-0.4, -0.2) is 28.0 Å². The second-order valence-corrected chi connectivity index (χ2v) is 3.40. The van der Waals surface area contributed by atoms with Crippen LogP contribution in [0.1, 0.15) is 39.5 Å². The average Bonchev–Trinajstić information content (AvgIpc) is 2.03. The van der Waals surface area contributed by atoms with Gasteiger partial charge in [-0.3, -0.25) is 14.9 Å². The fourth-order valence-electron chi connectivity index (χ4n) is 1.32. The SMILES string of the molecule is CCCCCC(O)C(C(C)=O)[N+](=O)[O-]. The fraction of sp³-hybridized carbons (Fsp3) is 0.889. The highest BCUT2D eigenvalue weighted by Gasteiger charge is 2.33. The number of carbonyl (C=O) groups excluding carboxylic acids is 1. The molecule has 0 spiro atoms. The molecule has 0 saturated heterocycles. The van der Waals surface area contributed by atoms with E-state index in [0.717, 1.165) is 26.2 Å². The molecule has 0 radical (unpaired) electrons. The Bertz CT molecular complexity index is 191. The zero-order valence-corrected chi connectivity index (χ0v) is 8.60. The molecule has 0 aliphatic carbocycles. The molecule has 82 valence electrons. The maximum absolute atomic E-state index is 10.9. The number of nitro groups is 1. The van der Waals surface area contributed by atoms with Crippen LogP contribution in [0.15, 0.2) is 0 Å². The minimum absolute atomic E-state index is 0.319. The molecule has 2 atom stereocenters. The smallest absolute Gasteiger partial charge is 0.295 e. The first-order valence-electron chi connectivity index (χ1n) is 4.82. The van der Waals surface area contributed by atoms with Crippen LogP contribution >= 0.6 is 0 Å². The highest BCUT2D eigenvalue weighted by atomic mass is 16.6. The summed E-state index contributed by atoms with van der Waals surface area (Å²) in [5.74, 6) is -0.584. The van der Waals surface area contributed by atoms with Crippen LogP contribution in [0.2, 0.25) is 0 Å². The van der Waals surface area contributed by atoms with Crippen molar-refractivity contribution < 1.29 is 14.8 Å². The topological polar surface area (TPSA) is 80.4 Å². The minimum Gasteiger partial charge on any atom is -0.385 e. The zero-order valence-electron chi connectivity index (χ0n) is 8.60. The molecular formula is C9H17NO4. The Balaban J connectivity index is 4.09. The molecule has 14 heavy (non-hydrogen) atoms. The third kappa shape index (κ3) is 4.32. The first-order valence-corrected chi connectivity index (χ1v) is 4.82. The van der Waals surface area contributed by atoms with Gasteiger partial charge in [-0.05, 0) is 6.42 Å². The van der Waals surface area contributed by atoms with Gasteiger partial charge in [0.05, 0.1) is 0 Å². The molecule has 0 aromatic rings. The van der Waals surface area contributed by atoms with E-state index in [2.05, 4.69) is 0 Å². The number of aliphatic hydroxyl groups excluding tert-OH is 1. The van der Waals surface area contributed by atoms with Gasteiger partial charge < -0.3 is 5.11 Å². The molecule has 0 rings (SSSR count). The van der Waals surface area contributed by atoms with Crippen molar-refractivity contribution in [2.75, 3.05) is 0 Å². The Labute approximate surface area is 83.3 Å². The van der Waals surface area contributed by atoms with Crippen LogP contribution in [0.3, 0.4) is 0 Å². The van der Waals surface area contributed by atoms with Crippen molar-refractivity contribution in [3.63, 3.8) is 0 Å². The van der Waals surface area contributed by atoms with Gasteiger partial charge in [0, 0.05) is 11.8 Å². The van der Waals surface area contributed by atoms with Crippen LogP contribution in [0.4, 0.5) is 0 Å². The Morgan fingerprint density at radius 2 is 2.07 bits per heavy atom. The van der Waals surface area contributed by atoms with Crippen molar-refractivity contribution in [1.82, 2.24) is 0 Å². The van der Waals surface area contributed by atoms with Gasteiger partial charge >= 0.3 is 0 Å². The number of hydrogen-bond donors (Lipinski definition) is 1. The zero-order chi connectivity index (χ0) is 11.1. The lowest BCUT2D eigenvalue weighted by molar-refractivity contribution is -0.518. The van der Waals surface area contributed by atoms with Crippen molar-refractivity contribution in [3.05, 3.63) is 10.1 Å². The van der Waals surface area contributed by atoms with Gasteiger partial charge in [0.15, 0.2) is 0 Å². The summed E-state index contributed by atoms with van der Waals surface area (Å²) in [5.41, 5.74) is 0. The Morgan fingerprint density at radius 3 is 2.43 bits per heavy atom. The summed E-state index contributed by atoms with van der Waals surface area (Å²) in [5, 5.41) is 19.9. The van der Waals surface area contributed by atoms with E-state index in [4.69, 9.17) is 0 Å². The van der Waals surface area contributed by atoms with Crippen LogP contribution in [-0.2, 0) is 4.79 Å². The predicted molar refractivity (Wildman–Crippen MR) is 51.6 cm³/mol. The lowest BCUT2D eigenvalue weighted by Crippen LogP contribution is -2.39. The van der Waals surface area contributed by atoms with E-state index in [-0.39, 0.29) is 0 Å². The van der Waals surface area contributed by atoms with Crippen molar-refractivity contribution in [3.8, 4) is 0 Å². The number of unbranched alkanes of at least 4 members (excludes halogenated alkanes) is 2. The lowest BCUT2D eigenvalue weighted by atomic mass is 10.0. The number of aliphatic hydroxyl groups is 1. The molecule has 0 saturated carbocycles. The van der Waals surface area contributed by atoms with Gasteiger partial charge in [-0.1, -0.05) is 26.2 Å². The number of ketones is 1. The predicted octanol–water partition coefficient (Wildman–Crippen LogP) is 1.16. The van der Waals surface area contributed by atoms with E-state index in [1.165, 1.54) is 0 Å². The molecule has 0 aliphatic rings. The second kappa shape index (κ2) is 6.48. The van der Waals surface area contributed by atoms with Crippen LogP contribution < -0.4 is 0 Å². The number of hydrogen-bond acceptors (Lipinski definition) is 4. The van der Waals surface area contributed by atoms with Crippen molar-refractivity contribution in [2.45, 2.75) is 51.7 Å². The van der Waals surface area contributed by atoms with Gasteiger partial charge in [0.2, 0.25) is 5.78 Å².